The number of phenolic OH excluding ortho intramolecular Hbond substituents is 1. The average molecular weight is 347 g/mol. The van der Waals surface area contributed by atoms with Crippen LogP contribution in [0, 0.1) is 0 Å². The molecule has 1 fully saturated rings. The highest BCUT2D eigenvalue weighted by Gasteiger charge is 2.43. The van der Waals surface area contributed by atoms with Crippen LogP contribution in [0.5, 0.6) is 11.5 Å². The molecule has 1 heterocycles. The molecule has 1 atom stereocenters. The van der Waals surface area contributed by atoms with Gasteiger partial charge in [0.2, 0.25) is 0 Å². The van der Waals surface area contributed by atoms with Crippen LogP contribution >= 0.6 is 0 Å². The number of ether oxygens (including phenoxy) is 1. The molecular weight excluding hydrogens is 327 g/mol. The molecule has 0 saturated carbocycles. The van der Waals surface area contributed by atoms with Crippen molar-refractivity contribution in [3.8, 4) is 11.5 Å². The first-order valence-electron chi connectivity index (χ1n) is 7.56. The van der Waals surface area contributed by atoms with Crippen molar-refractivity contribution in [3.63, 3.8) is 0 Å². The smallest absolute Gasteiger partial charge is 0.405 e. The minimum absolute atomic E-state index is 0.0517. The summed E-state index contributed by atoms with van der Waals surface area (Å²) in [5.74, 6) is -0.235. The lowest BCUT2D eigenvalue weighted by molar-refractivity contribution is -0.184. The van der Waals surface area contributed by atoms with Gasteiger partial charge in [0.25, 0.3) is 5.91 Å². The summed E-state index contributed by atoms with van der Waals surface area (Å²) < 4.78 is 44.7. The fourth-order valence-electron chi connectivity index (χ4n) is 2.40. The molecule has 0 spiro atoms. The Morgan fingerprint density at radius 1 is 1.29 bits per heavy atom. The molecule has 24 heavy (non-hydrogen) atoms. The highest BCUT2D eigenvalue weighted by Crippen LogP contribution is 2.24. The van der Waals surface area contributed by atoms with Crippen LogP contribution in [-0.2, 0) is 4.79 Å². The largest absolute Gasteiger partial charge is 0.508 e. The van der Waals surface area contributed by atoms with Gasteiger partial charge in [-0.3, -0.25) is 9.69 Å². The zero-order valence-corrected chi connectivity index (χ0v) is 13.0. The Labute approximate surface area is 137 Å². The second-order valence-electron chi connectivity index (χ2n) is 5.43. The fourth-order valence-corrected chi connectivity index (χ4v) is 2.40. The van der Waals surface area contributed by atoms with Gasteiger partial charge >= 0.3 is 6.18 Å². The third kappa shape index (κ3) is 5.57. The van der Waals surface area contributed by atoms with E-state index in [1.54, 1.807) is 0 Å². The number of halogens is 3. The van der Waals surface area contributed by atoms with Crippen molar-refractivity contribution in [2.24, 2.45) is 0 Å². The van der Waals surface area contributed by atoms with E-state index >= 15 is 0 Å². The quantitative estimate of drug-likeness (QED) is 0.707. The van der Waals surface area contributed by atoms with Crippen LogP contribution in [0.25, 0.3) is 0 Å². The van der Waals surface area contributed by atoms with E-state index in [4.69, 9.17) is 9.84 Å². The van der Waals surface area contributed by atoms with Crippen LogP contribution in [0.4, 0.5) is 13.2 Å². The van der Waals surface area contributed by atoms with E-state index in [0.717, 1.165) is 0 Å². The lowest BCUT2D eigenvalue weighted by atomic mass is 10.2. The van der Waals surface area contributed by atoms with E-state index in [2.05, 4.69) is 10.6 Å². The second kappa shape index (κ2) is 8.20. The Hall–Kier alpha value is -2.00. The van der Waals surface area contributed by atoms with Gasteiger partial charge in [-0.1, -0.05) is 0 Å². The summed E-state index contributed by atoms with van der Waals surface area (Å²) in [7, 11) is 0. The Kier molecular flexibility index (Phi) is 6.27. The van der Waals surface area contributed by atoms with Crippen molar-refractivity contribution < 1.29 is 27.8 Å². The predicted molar refractivity (Wildman–Crippen MR) is 80.9 cm³/mol. The first-order valence-corrected chi connectivity index (χ1v) is 7.56. The molecule has 9 heteroatoms. The molecular formula is C15H20F3N3O3. The highest BCUT2D eigenvalue weighted by atomic mass is 19.4. The van der Waals surface area contributed by atoms with Gasteiger partial charge in [-0.15, -0.1) is 0 Å². The molecule has 2 rings (SSSR count). The monoisotopic (exact) mass is 347 g/mol. The average Bonchev–Trinajstić information content (AvgIpc) is 2.54. The zero-order valence-electron chi connectivity index (χ0n) is 13.0. The number of carbonyl (C=O) groups excluding carboxylic acids is 1. The molecule has 134 valence electrons. The van der Waals surface area contributed by atoms with E-state index in [1.165, 1.54) is 29.2 Å². The summed E-state index contributed by atoms with van der Waals surface area (Å²) in [4.78, 5) is 13.0. The van der Waals surface area contributed by atoms with Gasteiger partial charge < -0.3 is 20.5 Å². The van der Waals surface area contributed by atoms with Crippen LogP contribution in [0.15, 0.2) is 24.3 Å². The number of amides is 1. The number of hydrogen-bond donors (Lipinski definition) is 3. The molecule has 6 nitrogen and oxygen atoms in total. The van der Waals surface area contributed by atoms with Crippen molar-refractivity contribution in [3.05, 3.63) is 24.3 Å². The van der Waals surface area contributed by atoms with Crippen molar-refractivity contribution in [2.75, 3.05) is 39.3 Å². The van der Waals surface area contributed by atoms with Gasteiger partial charge in [0.15, 0.2) is 6.61 Å². The van der Waals surface area contributed by atoms with E-state index < -0.39 is 31.3 Å². The van der Waals surface area contributed by atoms with E-state index in [9.17, 15) is 18.0 Å². The molecule has 0 radical (unpaired) electrons. The Bertz CT molecular complexity index is 531. The molecule has 0 aliphatic carbocycles. The summed E-state index contributed by atoms with van der Waals surface area (Å²) in [5.41, 5.74) is 0. The fraction of sp³-hybridized carbons (Fsp3) is 0.533. The standard InChI is InChI=1S/C15H20F3N3O3/c16-15(17,18)13(21-7-5-19-6-8-21)9-20-14(23)10-24-12-3-1-11(22)2-4-12/h1-4,13,19,22H,5-10H2,(H,20,23). The molecule has 1 aromatic rings. The summed E-state index contributed by atoms with van der Waals surface area (Å²) in [6, 6.07) is 3.98. The maximum Gasteiger partial charge on any atom is 0.405 e. The topological polar surface area (TPSA) is 73.8 Å². The van der Waals surface area contributed by atoms with E-state index in [0.29, 0.717) is 18.8 Å². The number of benzene rings is 1. The maximum absolute atomic E-state index is 13.2. The summed E-state index contributed by atoms with van der Waals surface area (Å²) >= 11 is 0. The first-order chi connectivity index (χ1) is 11.4. The number of carbonyl (C=O) groups is 1. The Morgan fingerprint density at radius 2 is 1.92 bits per heavy atom. The van der Waals surface area contributed by atoms with Gasteiger partial charge in [-0.05, 0) is 24.3 Å². The number of hydrogen-bond acceptors (Lipinski definition) is 5. The lowest BCUT2D eigenvalue weighted by Gasteiger charge is -2.35. The molecule has 1 aliphatic heterocycles. The third-order valence-corrected chi connectivity index (χ3v) is 3.67. The van der Waals surface area contributed by atoms with Crippen molar-refractivity contribution in [1.82, 2.24) is 15.5 Å². The summed E-state index contributed by atoms with van der Waals surface area (Å²) in [5, 5.41) is 14.4. The summed E-state index contributed by atoms with van der Waals surface area (Å²) in [6.07, 6.45) is -4.41. The molecule has 3 N–H and O–H groups in total. The second-order valence-corrected chi connectivity index (χ2v) is 5.43. The van der Waals surface area contributed by atoms with Crippen molar-refractivity contribution in [1.29, 1.82) is 0 Å². The minimum atomic E-state index is -4.41. The van der Waals surface area contributed by atoms with Crippen molar-refractivity contribution in [2.45, 2.75) is 12.2 Å². The van der Waals surface area contributed by atoms with Crippen LogP contribution < -0.4 is 15.4 Å². The molecule has 1 unspecified atom stereocenters. The zero-order chi connectivity index (χ0) is 17.6. The number of nitrogens with zero attached hydrogens (tertiary/aromatic N) is 1. The molecule has 1 aliphatic rings. The maximum atomic E-state index is 13.2. The Balaban J connectivity index is 1.81. The summed E-state index contributed by atoms with van der Waals surface area (Å²) in [6.45, 7) is 0.640. The van der Waals surface area contributed by atoms with Crippen LogP contribution in [0.2, 0.25) is 0 Å². The number of aromatic hydroxyl groups is 1. The molecule has 1 amide bonds. The van der Waals surface area contributed by atoms with E-state index in [-0.39, 0.29) is 18.8 Å². The lowest BCUT2D eigenvalue weighted by Crippen LogP contribution is -2.57. The van der Waals surface area contributed by atoms with Gasteiger partial charge in [0, 0.05) is 32.7 Å². The predicted octanol–water partition coefficient (Wildman–Crippen LogP) is 0.723. The van der Waals surface area contributed by atoms with Crippen LogP contribution in [-0.4, -0.2) is 67.5 Å². The number of rotatable bonds is 6. The number of alkyl halides is 3. The molecule has 0 aromatic heterocycles. The van der Waals surface area contributed by atoms with Gasteiger partial charge in [-0.25, -0.2) is 0 Å². The molecule has 1 aromatic carbocycles. The third-order valence-electron chi connectivity index (χ3n) is 3.67. The van der Waals surface area contributed by atoms with Crippen LogP contribution in [0.1, 0.15) is 0 Å². The Morgan fingerprint density at radius 3 is 2.50 bits per heavy atom. The minimum Gasteiger partial charge on any atom is -0.508 e. The number of phenols is 1. The SMILES string of the molecule is O=C(COc1ccc(O)cc1)NCC(N1CCNCC1)C(F)(F)F. The number of nitrogens with one attached hydrogen (secondary N) is 2. The molecule has 0 bridgehead atoms. The highest BCUT2D eigenvalue weighted by molar-refractivity contribution is 5.77. The van der Waals surface area contributed by atoms with Crippen molar-refractivity contribution >= 4 is 5.91 Å². The van der Waals surface area contributed by atoms with Gasteiger partial charge in [0.1, 0.15) is 17.5 Å². The molecule has 1 saturated heterocycles. The van der Waals surface area contributed by atoms with Crippen LogP contribution in [0.3, 0.4) is 0 Å². The van der Waals surface area contributed by atoms with Gasteiger partial charge in [0.05, 0.1) is 0 Å². The number of piperazine rings is 1. The normalized spacial score (nSPS) is 17.3. The first kappa shape index (κ1) is 18.3. The van der Waals surface area contributed by atoms with Gasteiger partial charge in [-0.2, -0.15) is 13.2 Å². The van der Waals surface area contributed by atoms with E-state index in [1.807, 2.05) is 0 Å².